The largest absolute Gasteiger partial charge is 0.466 e. The molecule has 1 rings (SSSR count). The van der Waals surface area contributed by atoms with Gasteiger partial charge in [-0.3, -0.25) is 9.59 Å². The minimum Gasteiger partial charge on any atom is -0.466 e. The van der Waals surface area contributed by atoms with Gasteiger partial charge < -0.3 is 14.4 Å². The Balaban J connectivity index is 2.68. The van der Waals surface area contributed by atoms with E-state index in [1.165, 1.54) is 0 Å². The van der Waals surface area contributed by atoms with Crippen molar-refractivity contribution in [3.05, 3.63) is 29.3 Å². The van der Waals surface area contributed by atoms with E-state index in [0.717, 1.165) is 5.69 Å². The van der Waals surface area contributed by atoms with Gasteiger partial charge in [0.2, 0.25) is 0 Å². The zero-order valence-electron chi connectivity index (χ0n) is 13.0. The standard InChI is InChI=1S/C16H22ClNO4/c1-3-21-15(19)8-10-18(11-9-16(20)22-4-2)14-7-5-6-13(17)12-14/h5-7,12H,3-4,8-11H2,1-2H3. The fraction of sp³-hybridized carbons (Fsp3) is 0.500. The molecule has 122 valence electrons. The van der Waals surface area contributed by atoms with Crippen LogP contribution in [0.2, 0.25) is 5.02 Å². The summed E-state index contributed by atoms with van der Waals surface area (Å²) in [4.78, 5) is 25.0. The molecule has 0 radical (unpaired) electrons. The minimum atomic E-state index is -0.259. The number of carbonyl (C=O) groups excluding carboxylic acids is 2. The van der Waals surface area contributed by atoms with Crippen LogP contribution in [-0.2, 0) is 19.1 Å². The van der Waals surface area contributed by atoms with Crippen molar-refractivity contribution >= 4 is 29.2 Å². The van der Waals surface area contributed by atoms with Crippen LogP contribution in [-0.4, -0.2) is 38.2 Å². The number of ether oxygens (including phenoxy) is 2. The third-order valence-electron chi connectivity index (χ3n) is 2.96. The van der Waals surface area contributed by atoms with E-state index < -0.39 is 0 Å². The van der Waals surface area contributed by atoms with Gasteiger partial charge >= 0.3 is 11.9 Å². The van der Waals surface area contributed by atoms with Crippen molar-refractivity contribution in [1.29, 1.82) is 0 Å². The maximum Gasteiger partial charge on any atom is 0.307 e. The quantitative estimate of drug-likeness (QED) is 0.652. The molecule has 6 heteroatoms. The van der Waals surface area contributed by atoms with Gasteiger partial charge in [-0.2, -0.15) is 0 Å². The molecular weight excluding hydrogens is 306 g/mol. The number of hydrogen-bond acceptors (Lipinski definition) is 5. The Labute approximate surface area is 136 Å². The summed E-state index contributed by atoms with van der Waals surface area (Å²) in [5.74, 6) is -0.517. The predicted octanol–water partition coefficient (Wildman–Crippen LogP) is 3.05. The fourth-order valence-electron chi connectivity index (χ4n) is 1.96. The Morgan fingerprint density at radius 1 is 1.05 bits per heavy atom. The second kappa shape index (κ2) is 10.1. The Kier molecular flexibility index (Phi) is 8.36. The van der Waals surface area contributed by atoms with Gasteiger partial charge in [0, 0.05) is 23.8 Å². The highest BCUT2D eigenvalue weighted by atomic mass is 35.5. The van der Waals surface area contributed by atoms with E-state index >= 15 is 0 Å². The summed E-state index contributed by atoms with van der Waals surface area (Å²) < 4.78 is 9.87. The van der Waals surface area contributed by atoms with Crippen LogP contribution in [0.25, 0.3) is 0 Å². The Hall–Kier alpha value is -1.75. The molecule has 0 spiro atoms. The van der Waals surface area contributed by atoms with Crippen molar-refractivity contribution in [2.24, 2.45) is 0 Å². The minimum absolute atomic E-state index is 0.253. The molecule has 0 saturated heterocycles. The summed E-state index contributed by atoms with van der Waals surface area (Å²) in [6.45, 7) is 5.18. The SMILES string of the molecule is CCOC(=O)CCN(CCC(=O)OCC)c1cccc(Cl)c1. The number of anilines is 1. The van der Waals surface area contributed by atoms with Gasteiger partial charge in [0.1, 0.15) is 0 Å². The molecular formula is C16H22ClNO4. The normalized spacial score (nSPS) is 10.1. The molecule has 0 heterocycles. The molecule has 1 aromatic carbocycles. The Bertz CT molecular complexity index is 471. The highest BCUT2D eigenvalue weighted by molar-refractivity contribution is 6.30. The van der Waals surface area contributed by atoms with Crippen molar-refractivity contribution in [3.63, 3.8) is 0 Å². The van der Waals surface area contributed by atoms with Crippen LogP contribution in [0.3, 0.4) is 0 Å². The lowest BCUT2D eigenvalue weighted by atomic mass is 10.2. The second-order valence-electron chi connectivity index (χ2n) is 4.58. The van der Waals surface area contributed by atoms with Crippen molar-refractivity contribution in [1.82, 2.24) is 0 Å². The predicted molar refractivity (Wildman–Crippen MR) is 86.2 cm³/mol. The van der Waals surface area contributed by atoms with E-state index in [9.17, 15) is 9.59 Å². The number of hydrogen-bond donors (Lipinski definition) is 0. The van der Waals surface area contributed by atoms with Crippen LogP contribution in [0.4, 0.5) is 5.69 Å². The fourth-order valence-corrected chi connectivity index (χ4v) is 2.15. The summed E-state index contributed by atoms with van der Waals surface area (Å²) in [6.07, 6.45) is 0.506. The number of benzene rings is 1. The van der Waals surface area contributed by atoms with E-state index in [-0.39, 0.29) is 24.8 Å². The van der Waals surface area contributed by atoms with E-state index in [4.69, 9.17) is 21.1 Å². The number of esters is 2. The van der Waals surface area contributed by atoms with Crippen molar-refractivity contribution in [2.45, 2.75) is 26.7 Å². The summed E-state index contributed by atoms with van der Waals surface area (Å²) in [5, 5.41) is 0.606. The van der Waals surface area contributed by atoms with Gasteiger partial charge in [0.15, 0.2) is 0 Å². The highest BCUT2D eigenvalue weighted by Crippen LogP contribution is 2.20. The molecule has 1 aromatic rings. The number of halogens is 1. The van der Waals surface area contributed by atoms with Crippen LogP contribution in [0.15, 0.2) is 24.3 Å². The third-order valence-corrected chi connectivity index (χ3v) is 3.19. The third kappa shape index (κ3) is 6.80. The average molecular weight is 328 g/mol. The monoisotopic (exact) mass is 327 g/mol. The molecule has 5 nitrogen and oxygen atoms in total. The molecule has 0 atom stereocenters. The summed E-state index contributed by atoms with van der Waals surface area (Å²) in [5.41, 5.74) is 0.862. The van der Waals surface area contributed by atoms with Gasteiger partial charge in [-0.1, -0.05) is 17.7 Å². The summed E-state index contributed by atoms with van der Waals surface area (Å²) in [6, 6.07) is 7.30. The van der Waals surface area contributed by atoms with Gasteiger partial charge in [-0.15, -0.1) is 0 Å². The first-order valence-corrected chi connectivity index (χ1v) is 7.76. The molecule has 0 aliphatic heterocycles. The second-order valence-corrected chi connectivity index (χ2v) is 5.01. The molecule has 22 heavy (non-hydrogen) atoms. The molecule has 0 aromatic heterocycles. The Morgan fingerprint density at radius 3 is 2.05 bits per heavy atom. The number of nitrogens with zero attached hydrogens (tertiary/aromatic N) is 1. The average Bonchev–Trinajstić information content (AvgIpc) is 2.48. The topological polar surface area (TPSA) is 55.8 Å². The van der Waals surface area contributed by atoms with E-state index in [2.05, 4.69) is 0 Å². The highest BCUT2D eigenvalue weighted by Gasteiger charge is 2.13. The van der Waals surface area contributed by atoms with Crippen LogP contribution in [0, 0.1) is 0 Å². The van der Waals surface area contributed by atoms with Crippen molar-refractivity contribution in [2.75, 3.05) is 31.2 Å². The number of carbonyl (C=O) groups is 2. The van der Waals surface area contributed by atoms with E-state index in [1.807, 2.05) is 17.0 Å². The lowest BCUT2D eigenvalue weighted by Crippen LogP contribution is -2.29. The zero-order valence-corrected chi connectivity index (χ0v) is 13.8. The molecule has 0 aliphatic rings. The smallest absolute Gasteiger partial charge is 0.307 e. The molecule has 0 unspecified atom stereocenters. The first-order valence-electron chi connectivity index (χ1n) is 7.38. The van der Waals surface area contributed by atoms with Crippen LogP contribution in [0.1, 0.15) is 26.7 Å². The van der Waals surface area contributed by atoms with Gasteiger partial charge in [0.05, 0.1) is 26.1 Å². The van der Waals surface area contributed by atoms with Crippen molar-refractivity contribution < 1.29 is 19.1 Å². The molecule has 0 N–H and O–H groups in total. The number of rotatable bonds is 9. The zero-order chi connectivity index (χ0) is 16.4. The van der Waals surface area contributed by atoms with Crippen molar-refractivity contribution in [3.8, 4) is 0 Å². The first-order chi connectivity index (χ1) is 10.6. The molecule has 0 fully saturated rings. The van der Waals surface area contributed by atoms with E-state index in [1.54, 1.807) is 26.0 Å². The van der Waals surface area contributed by atoms with Gasteiger partial charge in [0.25, 0.3) is 0 Å². The first kappa shape index (κ1) is 18.3. The lowest BCUT2D eigenvalue weighted by molar-refractivity contribution is -0.143. The van der Waals surface area contributed by atoms with E-state index in [0.29, 0.717) is 31.3 Å². The van der Waals surface area contributed by atoms with Crippen LogP contribution >= 0.6 is 11.6 Å². The van der Waals surface area contributed by atoms with Gasteiger partial charge in [-0.05, 0) is 32.0 Å². The Morgan fingerprint density at radius 2 is 1.59 bits per heavy atom. The summed E-state index contributed by atoms with van der Waals surface area (Å²) >= 11 is 6.00. The van der Waals surface area contributed by atoms with Crippen LogP contribution in [0.5, 0.6) is 0 Å². The summed E-state index contributed by atoms with van der Waals surface area (Å²) in [7, 11) is 0. The van der Waals surface area contributed by atoms with Crippen LogP contribution < -0.4 is 4.90 Å². The molecule has 0 bridgehead atoms. The molecule has 0 saturated carbocycles. The maximum atomic E-state index is 11.5. The molecule has 0 amide bonds. The van der Waals surface area contributed by atoms with Gasteiger partial charge in [-0.25, -0.2) is 0 Å². The molecule has 0 aliphatic carbocycles. The lowest BCUT2D eigenvalue weighted by Gasteiger charge is -2.24. The maximum absolute atomic E-state index is 11.5.